The molecule has 0 spiro atoms. The SMILES string of the molecule is C#CCNC(=O)OC[C@H]1O[C@@H](n2ccc(=O)[nH]c2=O)C(O)[C@H]1OP(=O)(O)CC.CC(C)(C)OC(=O)NCCCN(CCCCN(CCCN=[N+]=[N-])C(=O)OC(C)(C)C)C(=O)OC(C)(C)C.CC(C)(C)OC(=O)NCCCN(CCCCN(CCCn1cc(CNC(=O)OC[C@H]2O[C@@H](n3ccc(=O)[nH]c3=O)C(O)[C@H]2OP(C)(=O)O)nn1)C(=O)OC(C)(C)C)C(=O)OC(C)(C)C. The van der Waals surface area contributed by atoms with Crippen molar-refractivity contribution in [3.63, 3.8) is 0 Å². The molecular formula is C79H134N18O30P2. The first-order valence-electron chi connectivity index (χ1n) is 42.0. The van der Waals surface area contributed by atoms with Crippen molar-refractivity contribution in [3.8, 4) is 12.3 Å². The first kappa shape index (κ1) is 113. The number of unbranched alkanes of at least 4 members (excludes halogenated alkanes) is 2. The number of rotatable bonds is 40. The Labute approximate surface area is 749 Å². The molecule has 0 saturated carbocycles. The second-order valence-electron chi connectivity index (χ2n) is 35.6. The summed E-state index contributed by atoms with van der Waals surface area (Å²) in [6.07, 6.45) is -3.17. The van der Waals surface area contributed by atoms with Gasteiger partial charge < -0.3 is 108 Å². The Morgan fingerprint density at radius 3 is 1.25 bits per heavy atom. The maximum absolute atomic E-state index is 13.2. The summed E-state index contributed by atoms with van der Waals surface area (Å²) in [6, 6.07) is 2.05. The summed E-state index contributed by atoms with van der Waals surface area (Å²) < 4.78 is 91.7. The van der Waals surface area contributed by atoms with Gasteiger partial charge in [0.15, 0.2) is 12.5 Å². The van der Waals surface area contributed by atoms with Gasteiger partial charge in [0, 0.05) is 121 Å². The molecule has 10 atom stereocenters. The number of nitrogens with zero attached hydrogens (tertiary/aromatic N) is 12. The minimum absolute atomic E-state index is 0.0794. The second-order valence-corrected chi connectivity index (χ2v) is 39.6. The van der Waals surface area contributed by atoms with Crippen LogP contribution in [0.5, 0.6) is 0 Å². The summed E-state index contributed by atoms with van der Waals surface area (Å²) in [5.41, 5.74) is 1.79. The third kappa shape index (κ3) is 47.2. The van der Waals surface area contributed by atoms with Gasteiger partial charge in [-0.1, -0.05) is 23.2 Å². The number of hydrogen-bond donors (Lipinski definition) is 10. The van der Waals surface area contributed by atoms with Crippen molar-refractivity contribution in [3.05, 3.63) is 88.5 Å². The molecule has 4 unspecified atom stereocenters. The maximum Gasteiger partial charge on any atom is 0.410 e. The van der Waals surface area contributed by atoms with Crippen molar-refractivity contribution in [1.29, 1.82) is 0 Å². The number of amides is 8. The van der Waals surface area contributed by atoms with Crippen molar-refractivity contribution in [2.24, 2.45) is 5.11 Å². The molecule has 0 aromatic carbocycles. The third-order valence-electron chi connectivity index (χ3n) is 16.9. The predicted octanol–water partition coefficient (Wildman–Crippen LogP) is 7.67. The molecule has 48 nitrogen and oxygen atoms in total. The van der Waals surface area contributed by atoms with Crippen molar-refractivity contribution < 1.29 is 124 Å². The highest BCUT2D eigenvalue weighted by molar-refractivity contribution is 7.52. The van der Waals surface area contributed by atoms with Crippen LogP contribution < -0.4 is 43.8 Å². The molecule has 2 saturated heterocycles. The van der Waals surface area contributed by atoms with Gasteiger partial charge in [0.1, 0.15) is 89.1 Å². The summed E-state index contributed by atoms with van der Waals surface area (Å²) in [6.45, 7) is 37.6. The van der Waals surface area contributed by atoms with Crippen LogP contribution in [-0.2, 0) is 78.6 Å². The topological polar surface area (TPSA) is 613 Å². The Hall–Kier alpha value is -10.3. The van der Waals surface area contributed by atoms with E-state index < -0.39 is 182 Å². The maximum atomic E-state index is 13.2. The summed E-state index contributed by atoms with van der Waals surface area (Å²) >= 11 is 0. The molecule has 10 N–H and O–H groups in total. The van der Waals surface area contributed by atoms with E-state index >= 15 is 0 Å². The van der Waals surface area contributed by atoms with E-state index in [1.54, 1.807) is 134 Å². The van der Waals surface area contributed by atoms with E-state index in [2.05, 4.69) is 47.5 Å². The van der Waals surface area contributed by atoms with Crippen molar-refractivity contribution in [2.45, 2.75) is 279 Å². The van der Waals surface area contributed by atoms with E-state index in [1.165, 1.54) is 6.92 Å². The largest absolute Gasteiger partial charge is 0.447 e. The number of azide groups is 1. The van der Waals surface area contributed by atoms with Crippen LogP contribution in [0.3, 0.4) is 0 Å². The molecular weight excluding hydrogens is 1740 g/mol. The zero-order valence-electron chi connectivity index (χ0n) is 77.4. The normalized spacial score (nSPS) is 18.3. The van der Waals surface area contributed by atoms with Crippen LogP contribution in [0.25, 0.3) is 10.4 Å². The number of aromatic nitrogens is 7. The zero-order valence-corrected chi connectivity index (χ0v) is 79.2. The number of aryl methyl sites for hydroxylation is 1. The van der Waals surface area contributed by atoms with E-state index in [0.717, 1.165) is 40.3 Å². The molecule has 5 rings (SSSR count). The number of aliphatic hydroxyl groups is 2. The highest BCUT2D eigenvalue weighted by Crippen LogP contribution is 2.47. The lowest BCUT2D eigenvalue weighted by atomic mass is 10.1. The molecule has 0 aliphatic carbocycles. The van der Waals surface area contributed by atoms with Gasteiger partial charge in [0.2, 0.25) is 0 Å². The van der Waals surface area contributed by atoms with Gasteiger partial charge in [-0.3, -0.25) is 51.6 Å². The lowest BCUT2D eigenvalue weighted by Gasteiger charge is -2.29. The van der Waals surface area contributed by atoms with E-state index in [9.17, 15) is 86.7 Å². The van der Waals surface area contributed by atoms with Gasteiger partial charge in [-0.25, -0.2) is 47.9 Å². The Morgan fingerprint density at radius 1 is 0.543 bits per heavy atom. The number of H-pyrrole nitrogens is 2. The Kier molecular flexibility index (Phi) is 45.9. The monoisotopic (exact) mass is 1880 g/mol. The highest BCUT2D eigenvalue weighted by atomic mass is 31.2. The van der Waals surface area contributed by atoms with Crippen molar-refractivity contribution in [2.75, 3.05) is 105 Å². The summed E-state index contributed by atoms with van der Waals surface area (Å²) in [4.78, 5) is 179. The number of aliphatic hydroxyl groups excluding tert-OH is 2. The third-order valence-corrected chi connectivity index (χ3v) is 18.9. The molecule has 129 heavy (non-hydrogen) atoms. The van der Waals surface area contributed by atoms with Gasteiger partial charge >= 0.3 is 75.3 Å². The first-order valence-corrected chi connectivity index (χ1v) is 45.8. The molecule has 3 aromatic heterocycles. The fraction of sp³-hybridized carbons (Fsp3) is 0.747. The molecule has 0 bridgehead atoms. The number of ether oxygens (including phenoxy) is 10. The van der Waals surface area contributed by atoms with Gasteiger partial charge in [-0.2, -0.15) is 0 Å². The van der Waals surface area contributed by atoms with E-state index in [0.29, 0.717) is 136 Å². The van der Waals surface area contributed by atoms with Crippen LogP contribution in [0.4, 0.5) is 38.4 Å². The lowest BCUT2D eigenvalue weighted by molar-refractivity contribution is -0.0565. The molecule has 2 fully saturated rings. The Balaban J connectivity index is 0.000000555. The number of carbonyl (C=O) groups is 8. The average molecular weight is 1880 g/mol. The smallest absolute Gasteiger partial charge is 0.410 e. The number of nitrogens with one attached hydrogen (secondary N) is 6. The fourth-order valence-corrected chi connectivity index (χ4v) is 13.0. The molecule has 2 aliphatic rings. The highest BCUT2D eigenvalue weighted by Gasteiger charge is 2.50. The van der Waals surface area contributed by atoms with E-state index in [1.807, 2.05) is 30.7 Å². The van der Waals surface area contributed by atoms with Gasteiger partial charge in [0.05, 0.1) is 19.3 Å². The molecule has 8 amide bonds. The van der Waals surface area contributed by atoms with Crippen LogP contribution in [0, 0.1) is 12.3 Å². The van der Waals surface area contributed by atoms with Crippen LogP contribution >= 0.6 is 15.2 Å². The molecule has 2 aliphatic heterocycles. The van der Waals surface area contributed by atoms with Gasteiger partial charge in [-0.15, -0.1) is 11.5 Å². The summed E-state index contributed by atoms with van der Waals surface area (Å²) in [7, 11) is -8.26. The van der Waals surface area contributed by atoms with Crippen LogP contribution in [-0.4, -0.2) is 297 Å². The summed E-state index contributed by atoms with van der Waals surface area (Å²) in [5, 5.41) is 43.2. The minimum Gasteiger partial charge on any atom is -0.447 e. The minimum atomic E-state index is -4.19. The van der Waals surface area contributed by atoms with Crippen molar-refractivity contribution >= 4 is 63.9 Å². The number of aromatic amines is 2. The number of carbonyl (C=O) groups excluding carboxylic acids is 8. The summed E-state index contributed by atoms with van der Waals surface area (Å²) in [5.74, 6) is 2.18. The van der Waals surface area contributed by atoms with Crippen LogP contribution in [0.15, 0.2) is 55.0 Å². The molecule has 0 radical (unpaired) electrons. The molecule has 3 aromatic rings. The quantitative estimate of drug-likeness (QED) is 0.00496. The molecule has 50 heteroatoms. The fourth-order valence-electron chi connectivity index (χ4n) is 11.4. The average Bonchev–Trinajstić information content (AvgIpc) is 1.64. The lowest BCUT2D eigenvalue weighted by Crippen LogP contribution is -2.40. The van der Waals surface area contributed by atoms with Crippen LogP contribution in [0.2, 0.25) is 0 Å². The second kappa shape index (κ2) is 52.5. The van der Waals surface area contributed by atoms with E-state index in [4.69, 9.17) is 68.4 Å². The van der Waals surface area contributed by atoms with Crippen LogP contribution in [0.1, 0.15) is 201 Å². The number of terminal acetylenes is 1. The van der Waals surface area contributed by atoms with Gasteiger partial charge in [0.25, 0.3) is 11.1 Å². The van der Waals surface area contributed by atoms with E-state index in [-0.39, 0.29) is 19.3 Å². The van der Waals surface area contributed by atoms with Crippen molar-refractivity contribution in [1.82, 2.24) is 75.0 Å². The van der Waals surface area contributed by atoms with Gasteiger partial charge in [-0.05, 0) is 182 Å². The standard InChI is InChI=1S/C39H66N9O15P.C25H48N6O6.C15H20N3O9P/c1-37(2,3)60-34(53)40-16-13-19-45(35(54)61-38(4,5)6)17-11-12-18-46(36(55)62-39(7,8)9)20-14-21-47-24-26(43-44-47)23-41-33(52)58-25-27-30(63-64(10,56)57)29(50)31(59-27)48-22-15-28(49)42-32(48)51;1-23(2,3)35-20(32)27-14-12-18-30(21(33)36-24(4,5)6)16-10-11-17-31(19-13-15-28-29-26)22(34)37-25(7,8)9;1-3-6-16-15(22)25-8-9-12(27-28(23,24)4-2)11(20)13(26-9)18-7-5-10(19)17-14(18)21/h15,22,24,27,29-31,50H,11-14,16-21,23,25H2,1-10H3,(H,40,53)(H,41,52)(H,56,57)(H,42,49,51);10-19H2,1-9H3,(H,27,32);1,5,7,9,11-13,20H,4,6,8H2,2H3,(H,16,22)(H,23,24)(H,17,19,21)/t27-,29?,30+,31-;;9-,11?,12+,13-/m1.1/s1. The zero-order chi connectivity index (χ0) is 97.6. The number of hydrogen-bond acceptors (Lipinski definition) is 31. The predicted molar refractivity (Wildman–Crippen MR) is 465 cm³/mol. The number of alkyl carbamates (subject to hydrolysis) is 4. The molecule has 730 valence electrons. The Bertz CT molecular complexity index is 4520. The first-order chi connectivity index (χ1) is 59.7. The Morgan fingerprint density at radius 2 is 0.899 bits per heavy atom. The molecule has 5 heterocycles.